The van der Waals surface area contributed by atoms with E-state index >= 15 is 0 Å². The van der Waals surface area contributed by atoms with Crippen molar-refractivity contribution >= 4 is 28.1 Å². The van der Waals surface area contributed by atoms with Crippen LogP contribution in [0.5, 0.6) is 0 Å². The van der Waals surface area contributed by atoms with Crippen LogP contribution in [-0.4, -0.2) is 28.5 Å². The molecule has 6 heteroatoms. The number of likely N-dealkylation sites (tertiary alicyclic amines) is 1. The lowest BCUT2D eigenvalue weighted by molar-refractivity contribution is 0.0524. The number of carbonyl (C=O) groups is 1. The summed E-state index contributed by atoms with van der Waals surface area (Å²) in [6, 6.07) is 11.9. The summed E-state index contributed by atoms with van der Waals surface area (Å²) < 4.78 is 7.91. The molecule has 0 atom stereocenters. The zero-order valence-corrected chi connectivity index (χ0v) is 14.6. The Hall–Kier alpha value is -2.34. The Morgan fingerprint density at radius 2 is 1.79 bits per heavy atom. The maximum atomic E-state index is 12.4. The first kappa shape index (κ1) is 16.5. The second-order valence-corrected chi connectivity index (χ2v) is 6.42. The van der Waals surface area contributed by atoms with Crippen molar-refractivity contribution in [1.29, 1.82) is 0 Å². The topological polar surface area (TPSA) is 51.5 Å². The van der Waals surface area contributed by atoms with Crippen LogP contribution in [0.3, 0.4) is 0 Å². The van der Waals surface area contributed by atoms with E-state index in [1.807, 2.05) is 4.90 Å². The molecule has 0 spiro atoms. The number of hydrogen-bond donors (Lipinski definition) is 0. The van der Waals surface area contributed by atoms with Crippen molar-refractivity contribution in [2.75, 3.05) is 13.1 Å². The van der Waals surface area contributed by atoms with Gasteiger partial charge in [0.05, 0.1) is 11.8 Å². The zero-order valence-electron chi connectivity index (χ0n) is 13.0. The van der Waals surface area contributed by atoms with Gasteiger partial charge in [-0.05, 0) is 43.2 Å². The van der Waals surface area contributed by atoms with Gasteiger partial charge < -0.3 is 9.64 Å². The molecule has 0 aliphatic carbocycles. The molecule has 2 heterocycles. The smallest absolute Gasteiger partial charge is 0.344 e. The van der Waals surface area contributed by atoms with Crippen molar-refractivity contribution < 1.29 is 9.53 Å². The minimum absolute atomic E-state index is 0.172. The number of nitrogens with zero attached hydrogens (tertiary/aromatic N) is 2. The predicted octanol–water partition coefficient (Wildman–Crippen LogP) is 3.32. The molecular weight excluding hydrogens is 372 g/mol. The SMILES string of the molecule is O=C(O/C(=C/n1ccccc1=O)N1CCCC1)c1ccc(Br)cc1. The molecule has 0 N–H and O–H groups in total. The minimum Gasteiger partial charge on any atom is -0.404 e. The molecule has 24 heavy (non-hydrogen) atoms. The standard InChI is InChI=1S/C18H17BrN2O3/c19-15-8-6-14(7-9-15)18(23)24-17(20-10-3-4-11-20)13-21-12-2-1-5-16(21)22/h1-2,5-9,12-13H,3-4,10-11H2/b17-13+. The van der Waals surface area contributed by atoms with Gasteiger partial charge in [-0.25, -0.2) is 4.79 Å². The van der Waals surface area contributed by atoms with Crippen LogP contribution in [0.2, 0.25) is 0 Å². The van der Waals surface area contributed by atoms with Gasteiger partial charge in [0.1, 0.15) is 0 Å². The Kier molecular flexibility index (Phi) is 5.15. The molecule has 0 bridgehead atoms. The fourth-order valence-corrected chi connectivity index (χ4v) is 2.78. The predicted molar refractivity (Wildman–Crippen MR) is 95.3 cm³/mol. The number of rotatable bonds is 4. The lowest BCUT2D eigenvalue weighted by atomic mass is 10.2. The molecular formula is C18H17BrN2O3. The van der Waals surface area contributed by atoms with Crippen LogP contribution in [0.4, 0.5) is 0 Å². The number of esters is 1. The molecule has 0 radical (unpaired) electrons. The largest absolute Gasteiger partial charge is 0.404 e. The number of pyridine rings is 1. The van der Waals surface area contributed by atoms with E-state index in [1.165, 1.54) is 10.6 Å². The molecule has 5 nitrogen and oxygen atoms in total. The van der Waals surface area contributed by atoms with E-state index in [-0.39, 0.29) is 5.56 Å². The summed E-state index contributed by atoms with van der Waals surface area (Å²) in [6.45, 7) is 1.61. The Bertz CT molecular complexity index is 806. The van der Waals surface area contributed by atoms with Crippen molar-refractivity contribution in [3.05, 3.63) is 74.9 Å². The fraction of sp³-hybridized carbons (Fsp3) is 0.222. The van der Waals surface area contributed by atoms with Crippen molar-refractivity contribution in [3.63, 3.8) is 0 Å². The highest BCUT2D eigenvalue weighted by Crippen LogP contribution is 2.19. The second kappa shape index (κ2) is 7.49. The van der Waals surface area contributed by atoms with E-state index in [0.717, 1.165) is 30.4 Å². The summed E-state index contributed by atoms with van der Waals surface area (Å²) in [4.78, 5) is 26.3. The third-order valence-electron chi connectivity index (χ3n) is 3.80. The Balaban J connectivity index is 1.88. The maximum Gasteiger partial charge on any atom is 0.344 e. The Labute approximate surface area is 148 Å². The van der Waals surface area contributed by atoms with Gasteiger partial charge in [0.15, 0.2) is 0 Å². The summed E-state index contributed by atoms with van der Waals surface area (Å²) in [5.74, 6) is -0.0432. The van der Waals surface area contributed by atoms with Crippen LogP contribution in [0.15, 0.2) is 63.8 Å². The minimum atomic E-state index is -0.440. The normalized spacial score (nSPS) is 14.7. The van der Waals surface area contributed by atoms with E-state index in [1.54, 1.807) is 48.8 Å². The number of carbonyl (C=O) groups excluding carboxylic acids is 1. The molecule has 1 aromatic carbocycles. The number of halogens is 1. The average molecular weight is 389 g/mol. The van der Waals surface area contributed by atoms with Crippen LogP contribution < -0.4 is 5.56 Å². The fourth-order valence-electron chi connectivity index (χ4n) is 2.52. The monoisotopic (exact) mass is 388 g/mol. The van der Waals surface area contributed by atoms with Crippen molar-refractivity contribution in [2.24, 2.45) is 0 Å². The highest BCUT2D eigenvalue weighted by molar-refractivity contribution is 9.10. The van der Waals surface area contributed by atoms with E-state index in [4.69, 9.17) is 4.74 Å². The first-order valence-electron chi connectivity index (χ1n) is 7.75. The van der Waals surface area contributed by atoms with Gasteiger partial charge in [-0.15, -0.1) is 0 Å². The van der Waals surface area contributed by atoms with Gasteiger partial charge in [0, 0.05) is 29.8 Å². The maximum absolute atomic E-state index is 12.4. The van der Waals surface area contributed by atoms with Gasteiger partial charge in [0.25, 0.3) is 5.56 Å². The average Bonchev–Trinajstić information content (AvgIpc) is 3.11. The van der Waals surface area contributed by atoms with Gasteiger partial charge in [0.2, 0.25) is 5.88 Å². The van der Waals surface area contributed by atoms with E-state index < -0.39 is 5.97 Å². The van der Waals surface area contributed by atoms with Crippen molar-refractivity contribution in [3.8, 4) is 0 Å². The summed E-state index contributed by atoms with van der Waals surface area (Å²) in [7, 11) is 0. The second-order valence-electron chi connectivity index (χ2n) is 5.50. The first-order valence-corrected chi connectivity index (χ1v) is 8.54. The molecule has 1 aliphatic rings. The highest BCUT2D eigenvalue weighted by Gasteiger charge is 2.20. The van der Waals surface area contributed by atoms with Crippen LogP contribution in [0, 0.1) is 0 Å². The number of benzene rings is 1. The third kappa shape index (κ3) is 3.94. The molecule has 1 fully saturated rings. The van der Waals surface area contributed by atoms with E-state index in [9.17, 15) is 9.59 Å². The van der Waals surface area contributed by atoms with Crippen LogP contribution in [-0.2, 0) is 4.74 Å². The summed E-state index contributed by atoms with van der Waals surface area (Å²) in [6.07, 6.45) is 5.30. The Morgan fingerprint density at radius 1 is 1.08 bits per heavy atom. The molecule has 124 valence electrons. The van der Waals surface area contributed by atoms with Gasteiger partial charge in [-0.3, -0.25) is 9.36 Å². The molecule has 0 saturated carbocycles. The summed E-state index contributed by atoms with van der Waals surface area (Å²) in [5.41, 5.74) is 0.289. The number of aromatic nitrogens is 1. The molecule has 3 rings (SSSR count). The van der Waals surface area contributed by atoms with Gasteiger partial charge >= 0.3 is 5.97 Å². The molecule has 0 unspecified atom stereocenters. The summed E-state index contributed by atoms with van der Waals surface area (Å²) in [5, 5.41) is 0. The van der Waals surface area contributed by atoms with Gasteiger partial charge in [-0.2, -0.15) is 0 Å². The molecule has 0 amide bonds. The molecule has 1 saturated heterocycles. The lowest BCUT2D eigenvalue weighted by Crippen LogP contribution is -2.25. The molecule has 1 aromatic heterocycles. The zero-order chi connectivity index (χ0) is 16.9. The van der Waals surface area contributed by atoms with Crippen LogP contribution >= 0.6 is 15.9 Å². The van der Waals surface area contributed by atoms with E-state index in [0.29, 0.717) is 11.4 Å². The molecule has 2 aromatic rings. The number of ether oxygens (including phenoxy) is 1. The molecule has 1 aliphatic heterocycles. The van der Waals surface area contributed by atoms with Crippen LogP contribution in [0.25, 0.3) is 6.20 Å². The highest BCUT2D eigenvalue weighted by atomic mass is 79.9. The summed E-state index contributed by atoms with van der Waals surface area (Å²) >= 11 is 3.34. The third-order valence-corrected chi connectivity index (χ3v) is 4.32. The van der Waals surface area contributed by atoms with Crippen molar-refractivity contribution in [1.82, 2.24) is 9.47 Å². The lowest BCUT2D eigenvalue weighted by Gasteiger charge is -2.20. The van der Waals surface area contributed by atoms with Crippen molar-refractivity contribution in [2.45, 2.75) is 12.8 Å². The van der Waals surface area contributed by atoms with Crippen LogP contribution in [0.1, 0.15) is 23.2 Å². The first-order chi connectivity index (χ1) is 11.6. The van der Waals surface area contributed by atoms with Gasteiger partial charge in [-0.1, -0.05) is 22.0 Å². The van der Waals surface area contributed by atoms with E-state index in [2.05, 4.69) is 15.9 Å². The Morgan fingerprint density at radius 3 is 2.46 bits per heavy atom. The quantitative estimate of drug-likeness (QED) is 0.595. The number of hydrogen-bond acceptors (Lipinski definition) is 4.